The highest BCUT2D eigenvalue weighted by Gasteiger charge is 2.18. The van der Waals surface area contributed by atoms with E-state index in [1.54, 1.807) is 6.07 Å². The van der Waals surface area contributed by atoms with E-state index in [9.17, 15) is 4.39 Å². The van der Waals surface area contributed by atoms with Crippen LogP contribution in [0.4, 0.5) is 10.3 Å². The summed E-state index contributed by atoms with van der Waals surface area (Å²) in [6, 6.07) is 3.17. The smallest absolute Gasteiger partial charge is 0.220 e. The van der Waals surface area contributed by atoms with E-state index in [0.29, 0.717) is 21.7 Å². The van der Waals surface area contributed by atoms with Gasteiger partial charge in [-0.25, -0.2) is 19.3 Å². The van der Waals surface area contributed by atoms with Crippen molar-refractivity contribution in [3.63, 3.8) is 0 Å². The lowest BCUT2D eigenvalue weighted by Crippen LogP contribution is -2.03. The maximum Gasteiger partial charge on any atom is 0.220 e. The molecule has 2 heterocycles. The van der Waals surface area contributed by atoms with Crippen molar-refractivity contribution in [2.24, 2.45) is 0 Å². The van der Waals surface area contributed by atoms with E-state index in [2.05, 4.69) is 21.9 Å². The Morgan fingerprint density at radius 3 is 2.83 bits per heavy atom. The average Bonchev–Trinajstić information content (AvgIpc) is 2.99. The summed E-state index contributed by atoms with van der Waals surface area (Å²) in [5, 5.41) is 0.880. The van der Waals surface area contributed by atoms with E-state index in [4.69, 9.17) is 15.2 Å². The van der Waals surface area contributed by atoms with Crippen molar-refractivity contribution in [3.05, 3.63) is 34.8 Å². The van der Waals surface area contributed by atoms with Gasteiger partial charge in [0.25, 0.3) is 0 Å². The van der Waals surface area contributed by atoms with E-state index in [-0.39, 0.29) is 18.3 Å². The number of methoxy groups -OCH3 is 1. The average molecular weight is 348 g/mol. The number of thiazole rings is 1. The third-order valence-corrected chi connectivity index (χ3v) is 4.48. The summed E-state index contributed by atoms with van der Waals surface area (Å²) in [5.41, 5.74) is 6.63. The Balaban J connectivity index is 1.94. The molecule has 0 aliphatic heterocycles. The number of fused-ring (bicyclic) bond motifs is 1. The number of nitrogen functional groups attached to an aromatic ring is 1. The Morgan fingerprint density at radius 1 is 1.29 bits per heavy atom. The number of benzene rings is 1. The van der Waals surface area contributed by atoms with Crippen molar-refractivity contribution in [1.82, 2.24) is 15.0 Å². The Kier molecular flexibility index (Phi) is 4.75. The lowest BCUT2D eigenvalue weighted by molar-refractivity contribution is 0.285. The van der Waals surface area contributed by atoms with Crippen molar-refractivity contribution in [2.45, 2.75) is 26.4 Å². The van der Waals surface area contributed by atoms with Crippen LogP contribution < -0.4 is 15.2 Å². The summed E-state index contributed by atoms with van der Waals surface area (Å²) >= 11 is 1.32. The zero-order valence-corrected chi connectivity index (χ0v) is 14.2. The van der Waals surface area contributed by atoms with Crippen molar-refractivity contribution in [3.8, 4) is 11.5 Å². The van der Waals surface area contributed by atoms with Crippen LogP contribution in [-0.2, 0) is 13.0 Å². The molecule has 6 nitrogen and oxygen atoms in total. The molecule has 0 unspecified atom stereocenters. The molecule has 1 aromatic carbocycles. The van der Waals surface area contributed by atoms with E-state index >= 15 is 0 Å². The van der Waals surface area contributed by atoms with Gasteiger partial charge in [-0.15, -0.1) is 11.3 Å². The van der Waals surface area contributed by atoms with Crippen molar-refractivity contribution >= 4 is 27.5 Å². The number of halogens is 1. The molecular formula is C16H17FN4O2S. The normalized spacial score (nSPS) is 11.0. The molecule has 2 N–H and O–H groups in total. The molecule has 0 atom stereocenters. The van der Waals surface area contributed by atoms with Crippen molar-refractivity contribution < 1.29 is 13.9 Å². The quantitative estimate of drug-likeness (QED) is 0.735. The van der Waals surface area contributed by atoms with Gasteiger partial charge in [0.2, 0.25) is 5.95 Å². The van der Waals surface area contributed by atoms with Crippen LogP contribution in [0.25, 0.3) is 10.2 Å². The Labute approximate surface area is 142 Å². The number of aryl methyl sites for hydroxylation is 1. The molecule has 0 aliphatic carbocycles. The van der Waals surface area contributed by atoms with Crippen LogP contribution in [0.5, 0.6) is 11.5 Å². The summed E-state index contributed by atoms with van der Waals surface area (Å²) < 4.78 is 26.1. The second-order valence-electron chi connectivity index (χ2n) is 5.12. The molecule has 24 heavy (non-hydrogen) atoms. The van der Waals surface area contributed by atoms with E-state index in [0.717, 1.165) is 17.8 Å². The number of ether oxygens (including phenoxy) is 2. The highest BCUT2D eigenvalue weighted by atomic mass is 32.1. The molecule has 126 valence electrons. The molecule has 3 rings (SSSR count). The van der Waals surface area contributed by atoms with Crippen LogP contribution >= 0.6 is 11.3 Å². The molecule has 2 aromatic heterocycles. The molecule has 0 radical (unpaired) electrons. The zero-order chi connectivity index (χ0) is 17.1. The molecule has 0 aliphatic rings. The Bertz CT molecular complexity index is 869. The maximum atomic E-state index is 14.8. The highest BCUT2D eigenvalue weighted by molar-refractivity contribution is 7.18. The summed E-state index contributed by atoms with van der Waals surface area (Å²) in [6.07, 6.45) is 3.28. The SMILES string of the molecule is CCCc1nc2c(OC)cc(OCc3ccnc(N)n3)c(F)c2s1. The van der Waals surface area contributed by atoms with Crippen molar-refractivity contribution in [2.75, 3.05) is 12.8 Å². The third-order valence-electron chi connectivity index (χ3n) is 3.37. The van der Waals surface area contributed by atoms with E-state index < -0.39 is 5.82 Å². The number of anilines is 1. The van der Waals surface area contributed by atoms with Crippen LogP contribution in [0.3, 0.4) is 0 Å². The topological polar surface area (TPSA) is 83.2 Å². The van der Waals surface area contributed by atoms with Crippen LogP contribution in [0, 0.1) is 5.82 Å². The highest BCUT2D eigenvalue weighted by Crippen LogP contribution is 2.38. The predicted molar refractivity (Wildman–Crippen MR) is 90.9 cm³/mol. The minimum atomic E-state index is -0.437. The van der Waals surface area contributed by atoms with Gasteiger partial charge in [-0.1, -0.05) is 6.92 Å². The standard InChI is InChI=1S/C16H17FN4O2S/c1-3-4-12-21-14-11(22-2)7-10(13(17)15(14)24-12)23-8-9-5-6-19-16(18)20-9/h5-7H,3-4,8H2,1-2H3,(H2,18,19,20). The van der Waals surface area contributed by atoms with Crippen LogP contribution in [0.1, 0.15) is 24.0 Å². The number of hydrogen-bond donors (Lipinski definition) is 1. The van der Waals surface area contributed by atoms with Gasteiger partial charge < -0.3 is 15.2 Å². The molecule has 0 bridgehead atoms. The Hall–Kier alpha value is -2.48. The zero-order valence-electron chi connectivity index (χ0n) is 13.4. The minimum Gasteiger partial charge on any atom is -0.494 e. The molecule has 0 saturated carbocycles. The number of rotatable bonds is 6. The molecule has 8 heteroatoms. The number of nitrogens with zero attached hydrogens (tertiary/aromatic N) is 3. The Morgan fingerprint density at radius 2 is 2.12 bits per heavy atom. The molecule has 0 fully saturated rings. The van der Waals surface area contributed by atoms with Gasteiger partial charge in [0, 0.05) is 12.3 Å². The number of aromatic nitrogens is 3. The van der Waals surface area contributed by atoms with Gasteiger partial charge >= 0.3 is 0 Å². The second-order valence-corrected chi connectivity index (χ2v) is 6.20. The summed E-state index contributed by atoms with van der Waals surface area (Å²) in [4.78, 5) is 12.3. The summed E-state index contributed by atoms with van der Waals surface area (Å²) in [7, 11) is 1.53. The predicted octanol–water partition coefficient (Wildman–Crippen LogP) is 3.35. The fourth-order valence-electron chi connectivity index (χ4n) is 2.27. The van der Waals surface area contributed by atoms with Crippen LogP contribution in [-0.4, -0.2) is 22.1 Å². The molecule has 0 saturated heterocycles. The molecule has 3 aromatic rings. The first-order chi connectivity index (χ1) is 11.6. The van der Waals surface area contributed by atoms with Crippen molar-refractivity contribution in [1.29, 1.82) is 0 Å². The van der Waals surface area contributed by atoms with Crippen LogP contribution in [0.2, 0.25) is 0 Å². The van der Waals surface area contributed by atoms with Gasteiger partial charge in [-0.05, 0) is 18.9 Å². The van der Waals surface area contributed by atoms with Gasteiger partial charge in [-0.2, -0.15) is 0 Å². The first-order valence-corrected chi connectivity index (χ1v) is 8.30. The summed E-state index contributed by atoms with van der Waals surface area (Å²) in [6.45, 7) is 2.14. The fourth-order valence-corrected chi connectivity index (χ4v) is 3.38. The van der Waals surface area contributed by atoms with E-state index in [1.165, 1.54) is 30.7 Å². The third kappa shape index (κ3) is 3.23. The number of nitrogens with two attached hydrogens (primary N) is 1. The second kappa shape index (κ2) is 6.96. The van der Waals surface area contributed by atoms with Gasteiger partial charge in [0.15, 0.2) is 11.6 Å². The molecule has 0 amide bonds. The lowest BCUT2D eigenvalue weighted by atomic mass is 10.2. The van der Waals surface area contributed by atoms with E-state index in [1.807, 2.05) is 0 Å². The largest absolute Gasteiger partial charge is 0.494 e. The maximum absolute atomic E-state index is 14.8. The first-order valence-electron chi connectivity index (χ1n) is 7.48. The minimum absolute atomic E-state index is 0.0823. The molecule has 0 spiro atoms. The monoisotopic (exact) mass is 348 g/mol. The first kappa shape index (κ1) is 16.4. The van der Waals surface area contributed by atoms with Gasteiger partial charge in [0.05, 0.1) is 22.5 Å². The fraction of sp³-hybridized carbons (Fsp3) is 0.312. The lowest BCUT2D eigenvalue weighted by Gasteiger charge is -2.09. The summed E-state index contributed by atoms with van der Waals surface area (Å²) in [5.74, 6) is 0.300. The molecular weight excluding hydrogens is 331 g/mol. The van der Waals surface area contributed by atoms with Gasteiger partial charge in [0.1, 0.15) is 17.9 Å². The number of hydrogen-bond acceptors (Lipinski definition) is 7. The van der Waals surface area contributed by atoms with Crippen LogP contribution in [0.15, 0.2) is 18.3 Å². The van der Waals surface area contributed by atoms with Gasteiger partial charge in [-0.3, -0.25) is 0 Å².